The van der Waals surface area contributed by atoms with Crippen molar-refractivity contribution in [2.24, 2.45) is 0 Å². The van der Waals surface area contributed by atoms with Crippen LogP contribution >= 0.6 is 0 Å². The van der Waals surface area contributed by atoms with Crippen LogP contribution in [0.3, 0.4) is 0 Å². The third-order valence-corrected chi connectivity index (χ3v) is 3.58. The lowest BCUT2D eigenvalue weighted by atomic mass is 9.92. The molecule has 4 heteroatoms. The second-order valence-electron chi connectivity index (χ2n) is 5.00. The fourth-order valence-corrected chi connectivity index (χ4v) is 2.35. The topological polar surface area (TPSA) is 75.3 Å². The van der Waals surface area contributed by atoms with Crippen LogP contribution in [0.5, 0.6) is 0 Å². The summed E-state index contributed by atoms with van der Waals surface area (Å²) in [6.45, 7) is 1.88. The minimum Gasteiger partial charge on any atom is -0.399 e. The molecule has 0 unspecified atom stereocenters. The van der Waals surface area contributed by atoms with Crippen LogP contribution in [0.25, 0.3) is 0 Å². The standard InChI is InChI=1S/C14H20N2O2/c1-9-8-10(6-7-11(9)15)14(18)16-12-4-2-3-5-13(12)17/h6-8,12-13,17H,2-5,15H2,1H3,(H,16,18)/t12-,13-/m0/s1. The first-order chi connectivity index (χ1) is 8.58. The van der Waals surface area contributed by atoms with Crippen LogP contribution in [-0.4, -0.2) is 23.2 Å². The second-order valence-corrected chi connectivity index (χ2v) is 5.00. The number of nitrogens with two attached hydrogens (primary N) is 1. The van der Waals surface area contributed by atoms with E-state index in [0.29, 0.717) is 11.3 Å². The highest BCUT2D eigenvalue weighted by molar-refractivity contribution is 5.95. The average Bonchev–Trinajstić information content (AvgIpc) is 2.35. The van der Waals surface area contributed by atoms with Gasteiger partial charge in [-0.15, -0.1) is 0 Å². The molecule has 1 amide bonds. The number of hydrogen-bond acceptors (Lipinski definition) is 3. The smallest absolute Gasteiger partial charge is 0.251 e. The van der Waals surface area contributed by atoms with Crippen LogP contribution in [-0.2, 0) is 0 Å². The van der Waals surface area contributed by atoms with E-state index in [0.717, 1.165) is 31.2 Å². The molecule has 0 aliphatic heterocycles. The van der Waals surface area contributed by atoms with Gasteiger partial charge < -0.3 is 16.2 Å². The molecule has 1 aliphatic carbocycles. The van der Waals surface area contributed by atoms with Crippen LogP contribution in [0.1, 0.15) is 41.6 Å². The maximum absolute atomic E-state index is 12.1. The third-order valence-electron chi connectivity index (χ3n) is 3.58. The highest BCUT2D eigenvalue weighted by Gasteiger charge is 2.24. The van der Waals surface area contributed by atoms with Gasteiger partial charge in [0.1, 0.15) is 0 Å². The fourth-order valence-electron chi connectivity index (χ4n) is 2.35. The third kappa shape index (κ3) is 2.82. The Hall–Kier alpha value is -1.55. The van der Waals surface area contributed by atoms with Crippen LogP contribution in [0.4, 0.5) is 5.69 Å². The number of amides is 1. The predicted molar refractivity (Wildman–Crippen MR) is 71.3 cm³/mol. The van der Waals surface area contributed by atoms with Gasteiger partial charge in [-0.1, -0.05) is 12.8 Å². The van der Waals surface area contributed by atoms with E-state index in [1.54, 1.807) is 18.2 Å². The number of nitrogen functional groups attached to an aromatic ring is 1. The van der Waals surface area contributed by atoms with Crippen LogP contribution < -0.4 is 11.1 Å². The Labute approximate surface area is 107 Å². The van der Waals surface area contributed by atoms with E-state index in [1.807, 2.05) is 6.92 Å². The number of aryl methyl sites for hydroxylation is 1. The number of carbonyl (C=O) groups excluding carboxylic acids is 1. The van der Waals surface area contributed by atoms with Crippen molar-refractivity contribution < 1.29 is 9.90 Å². The molecule has 1 saturated carbocycles. The summed E-state index contributed by atoms with van der Waals surface area (Å²) in [7, 11) is 0. The van der Waals surface area contributed by atoms with Gasteiger partial charge in [0.2, 0.25) is 0 Å². The summed E-state index contributed by atoms with van der Waals surface area (Å²) in [5.41, 5.74) is 7.90. The molecule has 0 aromatic heterocycles. The van der Waals surface area contributed by atoms with Crippen molar-refractivity contribution >= 4 is 11.6 Å². The fraction of sp³-hybridized carbons (Fsp3) is 0.500. The number of hydrogen-bond donors (Lipinski definition) is 3. The molecule has 1 aromatic carbocycles. The second kappa shape index (κ2) is 5.40. The van der Waals surface area contributed by atoms with E-state index in [2.05, 4.69) is 5.32 Å². The Morgan fingerprint density at radius 3 is 2.78 bits per heavy atom. The Morgan fingerprint density at radius 2 is 2.11 bits per heavy atom. The lowest BCUT2D eigenvalue weighted by Gasteiger charge is -2.28. The van der Waals surface area contributed by atoms with E-state index < -0.39 is 6.10 Å². The average molecular weight is 248 g/mol. The van der Waals surface area contributed by atoms with Gasteiger partial charge in [0, 0.05) is 11.3 Å². The molecule has 0 radical (unpaired) electrons. The molecule has 1 fully saturated rings. The number of anilines is 1. The van der Waals surface area contributed by atoms with Crippen molar-refractivity contribution in [3.63, 3.8) is 0 Å². The van der Waals surface area contributed by atoms with Crippen molar-refractivity contribution in [1.82, 2.24) is 5.32 Å². The molecule has 2 atom stereocenters. The van der Waals surface area contributed by atoms with E-state index in [4.69, 9.17) is 5.73 Å². The van der Waals surface area contributed by atoms with Gasteiger partial charge in [0.15, 0.2) is 0 Å². The monoisotopic (exact) mass is 248 g/mol. The number of carbonyl (C=O) groups is 1. The van der Waals surface area contributed by atoms with Crippen LogP contribution in [0, 0.1) is 6.92 Å². The summed E-state index contributed by atoms with van der Waals surface area (Å²) in [6, 6.07) is 5.11. The first-order valence-electron chi connectivity index (χ1n) is 6.43. The summed E-state index contributed by atoms with van der Waals surface area (Å²) >= 11 is 0. The Balaban J connectivity index is 2.04. The number of nitrogens with one attached hydrogen (secondary N) is 1. The molecular weight excluding hydrogens is 228 g/mol. The molecule has 18 heavy (non-hydrogen) atoms. The molecule has 98 valence electrons. The Bertz CT molecular complexity index is 445. The molecule has 0 saturated heterocycles. The maximum atomic E-state index is 12.1. The minimum absolute atomic E-state index is 0.121. The molecular formula is C14H20N2O2. The molecule has 0 spiro atoms. The number of benzene rings is 1. The molecule has 0 heterocycles. The lowest BCUT2D eigenvalue weighted by Crippen LogP contribution is -2.45. The zero-order valence-corrected chi connectivity index (χ0v) is 10.6. The van der Waals surface area contributed by atoms with Gasteiger partial charge in [-0.05, 0) is 43.5 Å². The van der Waals surface area contributed by atoms with E-state index in [9.17, 15) is 9.90 Å². The normalized spacial score (nSPS) is 23.7. The number of aliphatic hydroxyl groups is 1. The van der Waals surface area contributed by atoms with Crippen molar-refractivity contribution in [2.45, 2.75) is 44.8 Å². The quantitative estimate of drug-likeness (QED) is 0.696. The zero-order chi connectivity index (χ0) is 13.1. The van der Waals surface area contributed by atoms with E-state index in [-0.39, 0.29) is 11.9 Å². The van der Waals surface area contributed by atoms with Gasteiger partial charge in [0.25, 0.3) is 5.91 Å². The Morgan fingerprint density at radius 1 is 1.39 bits per heavy atom. The summed E-state index contributed by atoms with van der Waals surface area (Å²) in [6.07, 6.45) is 3.29. The molecule has 1 aliphatic rings. The van der Waals surface area contributed by atoms with Crippen molar-refractivity contribution in [3.8, 4) is 0 Å². The van der Waals surface area contributed by atoms with Gasteiger partial charge in [0.05, 0.1) is 12.1 Å². The highest BCUT2D eigenvalue weighted by Crippen LogP contribution is 2.19. The minimum atomic E-state index is -0.419. The molecule has 0 bridgehead atoms. The molecule has 2 rings (SSSR count). The summed E-state index contributed by atoms with van der Waals surface area (Å²) in [5, 5.41) is 12.7. The summed E-state index contributed by atoms with van der Waals surface area (Å²) < 4.78 is 0. The van der Waals surface area contributed by atoms with Crippen LogP contribution in [0.15, 0.2) is 18.2 Å². The Kier molecular flexibility index (Phi) is 3.87. The van der Waals surface area contributed by atoms with E-state index in [1.165, 1.54) is 0 Å². The van der Waals surface area contributed by atoms with Crippen molar-refractivity contribution in [1.29, 1.82) is 0 Å². The van der Waals surface area contributed by atoms with Gasteiger partial charge in [-0.3, -0.25) is 4.79 Å². The summed E-state index contributed by atoms with van der Waals surface area (Å²) in [4.78, 5) is 12.1. The van der Waals surface area contributed by atoms with Gasteiger partial charge in [-0.2, -0.15) is 0 Å². The first kappa shape index (κ1) is 12.9. The number of aliphatic hydroxyl groups excluding tert-OH is 1. The van der Waals surface area contributed by atoms with E-state index >= 15 is 0 Å². The van der Waals surface area contributed by atoms with Crippen molar-refractivity contribution in [2.75, 3.05) is 5.73 Å². The highest BCUT2D eigenvalue weighted by atomic mass is 16.3. The predicted octanol–water partition coefficient (Wildman–Crippen LogP) is 1.61. The largest absolute Gasteiger partial charge is 0.399 e. The molecule has 4 N–H and O–H groups in total. The van der Waals surface area contributed by atoms with Gasteiger partial charge >= 0.3 is 0 Å². The first-order valence-corrected chi connectivity index (χ1v) is 6.43. The summed E-state index contributed by atoms with van der Waals surface area (Å²) in [5.74, 6) is -0.135. The molecule has 4 nitrogen and oxygen atoms in total. The number of rotatable bonds is 2. The van der Waals surface area contributed by atoms with Crippen LogP contribution in [0.2, 0.25) is 0 Å². The maximum Gasteiger partial charge on any atom is 0.251 e. The van der Waals surface area contributed by atoms with Crippen molar-refractivity contribution in [3.05, 3.63) is 29.3 Å². The van der Waals surface area contributed by atoms with Gasteiger partial charge in [-0.25, -0.2) is 0 Å². The molecule has 1 aromatic rings. The zero-order valence-electron chi connectivity index (χ0n) is 10.6. The lowest BCUT2D eigenvalue weighted by molar-refractivity contribution is 0.0717. The SMILES string of the molecule is Cc1cc(C(=O)N[C@H]2CCCC[C@@H]2O)ccc1N.